The first-order valence-corrected chi connectivity index (χ1v) is 3.82. The molecule has 11 heavy (non-hydrogen) atoms. The average Bonchev–Trinajstić information content (AvgIpc) is 2.26. The molecular weight excluding hydrogens is 142 g/mol. The Hall–Kier alpha value is -0.540. The smallest absolute Gasteiger partial charge is 0.0800 e. The molecule has 1 aliphatic heterocycles. The van der Waals surface area contributed by atoms with Gasteiger partial charge in [0.2, 0.25) is 0 Å². The van der Waals surface area contributed by atoms with Gasteiger partial charge in [-0.25, -0.2) is 0 Å². The van der Waals surface area contributed by atoms with Gasteiger partial charge in [-0.2, -0.15) is 0 Å². The Labute approximate surface area is 67.3 Å². The van der Waals surface area contributed by atoms with E-state index in [1.54, 1.807) is 13.4 Å². The zero-order chi connectivity index (χ0) is 8.27. The molecule has 1 heterocycles. The lowest BCUT2D eigenvalue weighted by Gasteiger charge is -2.13. The third-order valence-corrected chi connectivity index (χ3v) is 2.02. The number of methoxy groups -OCH3 is 1. The van der Waals surface area contributed by atoms with E-state index in [2.05, 4.69) is 4.90 Å². The molecule has 0 aromatic heterocycles. The van der Waals surface area contributed by atoms with Crippen LogP contribution < -0.4 is 0 Å². The molecule has 0 amide bonds. The van der Waals surface area contributed by atoms with Gasteiger partial charge in [-0.3, -0.25) is 4.90 Å². The van der Waals surface area contributed by atoms with Crippen LogP contribution in [0.1, 0.15) is 6.42 Å². The van der Waals surface area contributed by atoms with E-state index in [4.69, 9.17) is 4.74 Å². The van der Waals surface area contributed by atoms with Gasteiger partial charge in [0.05, 0.1) is 19.5 Å². The van der Waals surface area contributed by atoms with Gasteiger partial charge in [0.25, 0.3) is 0 Å². The minimum atomic E-state index is -0.175. The Morgan fingerprint density at radius 2 is 2.36 bits per heavy atom. The first-order valence-electron chi connectivity index (χ1n) is 3.82. The SMILES string of the molecule is CO/C=C/[C@@H]1C[C@H](O)CN1C. The fourth-order valence-electron chi connectivity index (χ4n) is 1.40. The average molecular weight is 157 g/mol. The van der Waals surface area contributed by atoms with Crippen molar-refractivity contribution in [2.75, 3.05) is 20.7 Å². The number of hydrogen-bond donors (Lipinski definition) is 1. The molecule has 0 aromatic carbocycles. The van der Waals surface area contributed by atoms with Crippen molar-refractivity contribution in [1.82, 2.24) is 4.90 Å². The van der Waals surface area contributed by atoms with E-state index in [1.807, 2.05) is 13.1 Å². The van der Waals surface area contributed by atoms with Gasteiger partial charge in [-0.05, 0) is 19.5 Å². The molecule has 0 radical (unpaired) electrons. The van der Waals surface area contributed by atoms with Crippen molar-refractivity contribution in [2.45, 2.75) is 18.6 Å². The van der Waals surface area contributed by atoms with Crippen LogP contribution in [0.5, 0.6) is 0 Å². The van der Waals surface area contributed by atoms with Crippen molar-refractivity contribution in [3.05, 3.63) is 12.3 Å². The summed E-state index contributed by atoms with van der Waals surface area (Å²) in [4.78, 5) is 2.11. The zero-order valence-corrected chi connectivity index (χ0v) is 7.03. The van der Waals surface area contributed by atoms with E-state index < -0.39 is 0 Å². The minimum absolute atomic E-state index is 0.175. The van der Waals surface area contributed by atoms with Crippen molar-refractivity contribution in [1.29, 1.82) is 0 Å². The molecule has 0 unspecified atom stereocenters. The quantitative estimate of drug-likeness (QED) is 0.582. The normalized spacial score (nSPS) is 33.4. The van der Waals surface area contributed by atoms with E-state index in [9.17, 15) is 5.11 Å². The summed E-state index contributed by atoms with van der Waals surface area (Å²) < 4.78 is 4.80. The lowest BCUT2D eigenvalue weighted by molar-refractivity contribution is 0.182. The molecule has 0 bridgehead atoms. The Balaban J connectivity index is 2.40. The van der Waals surface area contributed by atoms with Crippen molar-refractivity contribution >= 4 is 0 Å². The summed E-state index contributed by atoms with van der Waals surface area (Å²) in [7, 11) is 3.63. The number of likely N-dealkylation sites (tertiary alicyclic amines) is 1. The standard InChI is InChI=1S/C8H15NO2/c1-9-6-8(10)5-7(9)3-4-11-2/h3-4,7-8,10H,5-6H2,1-2H3/b4-3+/t7-,8+/m1/s1. The number of likely N-dealkylation sites (N-methyl/N-ethyl adjacent to an activating group) is 1. The zero-order valence-electron chi connectivity index (χ0n) is 7.03. The van der Waals surface area contributed by atoms with Crippen molar-refractivity contribution in [2.24, 2.45) is 0 Å². The number of ether oxygens (including phenoxy) is 1. The number of aliphatic hydroxyl groups is 1. The number of hydrogen-bond acceptors (Lipinski definition) is 3. The number of rotatable bonds is 2. The molecule has 3 nitrogen and oxygen atoms in total. The summed E-state index contributed by atoms with van der Waals surface area (Å²) in [6.45, 7) is 0.763. The summed E-state index contributed by atoms with van der Waals surface area (Å²) in [5.74, 6) is 0. The topological polar surface area (TPSA) is 32.7 Å². The van der Waals surface area contributed by atoms with Gasteiger partial charge < -0.3 is 9.84 Å². The van der Waals surface area contributed by atoms with Crippen LogP contribution in [0.2, 0.25) is 0 Å². The molecule has 1 rings (SSSR count). The molecule has 1 aliphatic rings. The lowest BCUT2D eigenvalue weighted by Crippen LogP contribution is -2.23. The summed E-state index contributed by atoms with van der Waals surface area (Å²) >= 11 is 0. The van der Waals surface area contributed by atoms with Crippen LogP contribution >= 0.6 is 0 Å². The Morgan fingerprint density at radius 1 is 1.64 bits per heavy atom. The summed E-state index contributed by atoms with van der Waals surface area (Å²) in [6, 6.07) is 0.338. The molecule has 1 saturated heterocycles. The monoisotopic (exact) mass is 157 g/mol. The highest BCUT2D eigenvalue weighted by molar-refractivity contribution is 4.96. The van der Waals surface area contributed by atoms with E-state index in [-0.39, 0.29) is 6.10 Å². The molecule has 1 N–H and O–H groups in total. The van der Waals surface area contributed by atoms with E-state index in [0.717, 1.165) is 13.0 Å². The highest BCUT2D eigenvalue weighted by Gasteiger charge is 2.25. The fourth-order valence-corrected chi connectivity index (χ4v) is 1.40. The number of β-amino-alcohol motifs (C(OH)–C–C–N with tert-alkyl or cyclic N) is 1. The molecular formula is C8H15NO2. The largest absolute Gasteiger partial charge is 0.505 e. The van der Waals surface area contributed by atoms with E-state index >= 15 is 0 Å². The summed E-state index contributed by atoms with van der Waals surface area (Å²) in [6.07, 6.45) is 4.28. The van der Waals surface area contributed by atoms with Crippen molar-refractivity contribution in [3.63, 3.8) is 0 Å². The van der Waals surface area contributed by atoms with Gasteiger partial charge >= 0.3 is 0 Å². The van der Waals surface area contributed by atoms with Crippen molar-refractivity contribution in [3.8, 4) is 0 Å². The Bertz CT molecular complexity index is 147. The molecule has 0 aliphatic carbocycles. The van der Waals surface area contributed by atoms with Crippen LogP contribution in [0, 0.1) is 0 Å². The highest BCUT2D eigenvalue weighted by atomic mass is 16.5. The number of aliphatic hydroxyl groups excluding tert-OH is 1. The first-order chi connectivity index (χ1) is 5.24. The summed E-state index contributed by atoms with van der Waals surface area (Å²) in [5, 5.41) is 9.25. The van der Waals surface area contributed by atoms with E-state index in [1.165, 1.54) is 0 Å². The first kappa shape index (κ1) is 8.56. The maximum absolute atomic E-state index is 9.25. The van der Waals surface area contributed by atoms with Crippen LogP contribution in [-0.2, 0) is 4.74 Å². The molecule has 64 valence electrons. The molecule has 0 spiro atoms. The van der Waals surface area contributed by atoms with Gasteiger partial charge in [-0.1, -0.05) is 0 Å². The predicted molar refractivity (Wildman–Crippen MR) is 43.2 cm³/mol. The molecule has 1 fully saturated rings. The summed E-state index contributed by atoms with van der Waals surface area (Å²) in [5.41, 5.74) is 0. The molecule has 0 aromatic rings. The van der Waals surface area contributed by atoms with Gasteiger partial charge in [0.1, 0.15) is 0 Å². The second-order valence-electron chi connectivity index (χ2n) is 2.96. The molecule has 3 heteroatoms. The third kappa shape index (κ3) is 2.20. The van der Waals surface area contributed by atoms with Crippen molar-refractivity contribution < 1.29 is 9.84 Å². The van der Waals surface area contributed by atoms with Crippen LogP contribution in [0.3, 0.4) is 0 Å². The van der Waals surface area contributed by atoms with Crippen LogP contribution in [0.15, 0.2) is 12.3 Å². The van der Waals surface area contributed by atoms with Gasteiger partial charge in [-0.15, -0.1) is 0 Å². The second kappa shape index (κ2) is 3.74. The third-order valence-electron chi connectivity index (χ3n) is 2.02. The Morgan fingerprint density at radius 3 is 2.82 bits per heavy atom. The van der Waals surface area contributed by atoms with Gasteiger partial charge in [0.15, 0.2) is 0 Å². The second-order valence-corrected chi connectivity index (χ2v) is 2.96. The lowest BCUT2D eigenvalue weighted by atomic mass is 10.2. The Kier molecular flexibility index (Phi) is 2.91. The van der Waals surface area contributed by atoms with Crippen LogP contribution in [0.4, 0.5) is 0 Å². The highest BCUT2D eigenvalue weighted by Crippen LogP contribution is 2.16. The minimum Gasteiger partial charge on any atom is -0.505 e. The maximum atomic E-state index is 9.25. The van der Waals surface area contributed by atoms with Crippen LogP contribution in [0.25, 0.3) is 0 Å². The molecule has 0 saturated carbocycles. The maximum Gasteiger partial charge on any atom is 0.0800 e. The molecule has 2 atom stereocenters. The van der Waals surface area contributed by atoms with E-state index in [0.29, 0.717) is 6.04 Å². The predicted octanol–water partition coefficient (Wildman–Crippen LogP) is 0.212. The van der Waals surface area contributed by atoms with Crippen LogP contribution in [-0.4, -0.2) is 42.9 Å². The fraction of sp³-hybridized carbons (Fsp3) is 0.750. The number of nitrogens with zero attached hydrogens (tertiary/aromatic N) is 1. The van der Waals surface area contributed by atoms with Gasteiger partial charge in [0, 0.05) is 12.6 Å².